The minimum absolute atomic E-state index is 0.0465. The number of hydrogen-bond acceptors (Lipinski definition) is 2. The standard InChI is InChI=1S/C19H24N2O2/c1-12-18(3,4)14-9-10-19(12,11-14)17(23)21-16-7-5-15(6-8-16)20-13(2)22/h5-8,14H,1,9-11H2,2-4H3,(H,20,22)(H,21,23)/t14-,19-/m1/s1. The monoisotopic (exact) mass is 312 g/mol. The molecule has 2 N–H and O–H groups in total. The molecule has 0 aliphatic heterocycles. The molecule has 2 aliphatic carbocycles. The average Bonchev–Trinajstić information content (AvgIpc) is 3.01. The van der Waals surface area contributed by atoms with Gasteiger partial charge in [0.1, 0.15) is 0 Å². The summed E-state index contributed by atoms with van der Waals surface area (Å²) in [5, 5.41) is 5.76. The van der Waals surface area contributed by atoms with E-state index in [1.807, 2.05) is 12.1 Å². The van der Waals surface area contributed by atoms with Crippen molar-refractivity contribution in [2.75, 3.05) is 10.6 Å². The van der Waals surface area contributed by atoms with E-state index in [0.717, 1.165) is 36.2 Å². The molecular formula is C19H24N2O2. The van der Waals surface area contributed by atoms with Crippen molar-refractivity contribution < 1.29 is 9.59 Å². The van der Waals surface area contributed by atoms with Gasteiger partial charge in [0.2, 0.25) is 11.8 Å². The molecule has 2 fully saturated rings. The zero-order chi connectivity index (χ0) is 16.8. The van der Waals surface area contributed by atoms with Crippen LogP contribution in [0.2, 0.25) is 0 Å². The second kappa shape index (κ2) is 5.22. The van der Waals surface area contributed by atoms with Gasteiger partial charge in [-0.05, 0) is 54.9 Å². The maximum Gasteiger partial charge on any atom is 0.234 e. The minimum atomic E-state index is -0.412. The van der Waals surface area contributed by atoms with E-state index in [4.69, 9.17) is 0 Å². The van der Waals surface area contributed by atoms with Crippen LogP contribution in [0.5, 0.6) is 0 Å². The summed E-state index contributed by atoms with van der Waals surface area (Å²) >= 11 is 0. The molecule has 2 amide bonds. The summed E-state index contributed by atoms with van der Waals surface area (Å²) in [6.45, 7) is 10.1. The number of anilines is 2. The summed E-state index contributed by atoms with van der Waals surface area (Å²) in [6.07, 6.45) is 2.91. The van der Waals surface area contributed by atoms with E-state index in [-0.39, 0.29) is 17.2 Å². The van der Waals surface area contributed by atoms with Crippen LogP contribution in [0.4, 0.5) is 11.4 Å². The Labute approximate surface area is 137 Å². The highest BCUT2D eigenvalue weighted by molar-refractivity contribution is 5.98. The van der Waals surface area contributed by atoms with Gasteiger partial charge in [0.05, 0.1) is 5.41 Å². The van der Waals surface area contributed by atoms with E-state index < -0.39 is 5.41 Å². The number of carbonyl (C=O) groups excluding carboxylic acids is 2. The van der Waals surface area contributed by atoms with Gasteiger partial charge in [-0.15, -0.1) is 0 Å². The summed E-state index contributed by atoms with van der Waals surface area (Å²) in [4.78, 5) is 24.0. The lowest BCUT2D eigenvalue weighted by Crippen LogP contribution is -2.37. The van der Waals surface area contributed by atoms with Crippen molar-refractivity contribution in [2.45, 2.75) is 40.0 Å². The fourth-order valence-corrected chi connectivity index (χ4v) is 4.23. The van der Waals surface area contributed by atoms with Crippen molar-refractivity contribution in [1.82, 2.24) is 0 Å². The van der Waals surface area contributed by atoms with Crippen LogP contribution in [0.25, 0.3) is 0 Å². The molecule has 0 aromatic heterocycles. The largest absolute Gasteiger partial charge is 0.326 e. The first-order valence-electron chi connectivity index (χ1n) is 8.15. The van der Waals surface area contributed by atoms with Crippen molar-refractivity contribution >= 4 is 23.2 Å². The Morgan fingerprint density at radius 3 is 2.17 bits per heavy atom. The van der Waals surface area contributed by atoms with Gasteiger partial charge in [-0.1, -0.05) is 26.0 Å². The second-order valence-corrected chi connectivity index (χ2v) is 7.43. The van der Waals surface area contributed by atoms with E-state index in [1.165, 1.54) is 6.92 Å². The molecule has 0 unspecified atom stereocenters. The lowest BCUT2D eigenvalue weighted by atomic mass is 9.68. The maximum absolute atomic E-state index is 12.9. The molecule has 23 heavy (non-hydrogen) atoms. The van der Waals surface area contributed by atoms with Crippen molar-refractivity contribution in [2.24, 2.45) is 16.7 Å². The first kappa shape index (κ1) is 15.8. The average molecular weight is 312 g/mol. The third kappa shape index (κ3) is 2.46. The van der Waals surface area contributed by atoms with Gasteiger partial charge >= 0.3 is 0 Å². The second-order valence-electron chi connectivity index (χ2n) is 7.43. The van der Waals surface area contributed by atoms with Gasteiger partial charge in [0.25, 0.3) is 0 Å². The summed E-state index contributed by atoms with van der Waals surface area (Å²) < 4.78 is 0. The van der Waals surface area contributed by atoms with Crippen LogP contribution in [0, 0.1) is 16.7 Å². The van der Waals surface area contributed by atoms with Crippen LogP contribution >= 0.6 is 0 Å². The number of rotatable bonds is 3. The fourth-order valence-electron chi connectivity index (χ4n) is 4.23. The van der Waals surface area contributed by atoms with Crippen LogP contribution in [0.3, 0.4) is 0 Å². The third-order valence-corrected chi connectivity index (χ3v) is 5.79. The lowest BCUT2D eigenvalue weighted by Gasteiger charge is -2.37. The fraction of sp³-hybridized carbons (Fsp3) is 0.474. The van der Waals surface area contributed by atoms with Crippen molar-refractivity contribution in [1.29, 1.82) is 0 Å². The number of fused-ring (bicyclic) bond motifs is 2. The number of amides is 2. The van der Waals surface area contributed by atoms with Crippen LogP contribution in [0.1, 0.15) is 40.0 Å². The van der Waals surface area contributed by atoms with Gasteiger partial charge in [-0.3, -0.25) is 9.59 Å². The Kier molecular flexibility index (Phi) is 3.58. The molecule has 2 saturated carbocycles. The molecule has 4 heteroatoms. The van der Waals surface area contributed by atoms with Crippen LogP contribution in [0.15, 0.2) is 36.4 Å². The molecular weight excluding hydrogens is 288 g/mol. The SMILES string of the molecule is C=C1C(C)(C)[C@@H]2CC[C@@]1(C(=O)Nc1ccc(NC(C)=O)cc1)C2. The molecule has 0 spiro atoms. The first-order chi connectivity index (χ1) is 10.8. The Balaban J connectivity index is 1.75. The Morgan fingerprint density at radius 2 is 1.70 bits per heavy atom. The van der Waals surface area contributed by atoms with Gasteiger partial charge < -0.3 is 10.6 Å². The van der Waals surface area contributed by atoms with Crippen molar-refractivity contribution in [3.8, 4) is 0 Å². The molecule has 2 atom stereocenters. The number of benzene rings is 1. The van der Waals surface area contributed by atoms with Gasteiger partial charge in [0.15, 0.2) is 0 Å². The molecule has 3 rings (SSSR count). The normalized spacial score (nSPS) is 27.8. The van der Waals surface area contributed by atoms with Crippen molar-refractivity contribution in [3.63, 3.8) is 0 Å². The first-order valence-corrected chi connectivity index (χ1v) is 8.15. The Morgan fingerprint density at radius 1 is 1.13 bits per heavy atom. The topological polar surface area (TPSA) is 58.2 Å². The third-order valence-electron chi connectivity index (χ3n) is 5.79. The smallest absolute Gasteiger partial charge is 0.234 e. The van der Waals surface area contributed by atoms with E-state index in [2.05, 4.69) is 31.1 Å². The Bertz CT molecular complexity index is 675. The lowest BCUT2D eigenvalue weighted by molar-refractivity contribution is -0.123. The summed E-state index contributed by atoms with van der Waals surface area (Å²) in [5.74, 6) is 0.507. The van der Waals surface area contributed by atoms with E-state index >= 15 is 0 Å². The quantitative estimate of drug-likeness (QED) is 0.830. The van der Waals surface area contributed by atoms with E-state index in [0.29, 0.717) is 5.92 Å². The zero-order valence-corrected chi connectivity index (χ0v) is 14.0. The predicted molar refractivity (Wildman–Crippen MR) is 92.1 cm³/mol. The molecule has 1 aromatic rings. The maximum atomic E-state index is 12.9. The summed E-state index contributed by atoms with van der Waals surface area (Å²) in [6, 6.07) is 7.21. The van der Waals surface area contributed by atoms with E-state index in [9.17, 15) is 9.59 Å². The van der Waals surface area contributed by atoms with Gasteiger partial charge in [0, 0.05) is 18.3 Å². The predicted octanol–water partition coefficient (Wildman–Crippen LogP) is 3.97. The molecule has 2 aliphatic rings. The number of carbonyl (C=O) groups is 2. The zero-order valence-electron chi connectivity index (χ0n) is 14.0. The Hall–Kier alpha value is -2.10. The molecule has 122 valence electrons. The highest BCUT2D eigenvalue weighted by Gasteiger charge is 2.60. The van der Waals surface area contributed by atoms with Crippen LogP contribution < -0.4 is 10.6 Å². The van der Waals surface area contributed by atoms with Crippen molar-refractivity contribution in [3.05, 3.63) is 36.4 Å². The molecule has 2 bridgehead atoms. The molecule has 0 saturated heterocycles. The molecule has 4 nitrogen and oxygen atoms in total. The summed E-state index contributed by atoms with van der Waals surface area (Å²) in [5.41, 5.74) is 2.18. The van der Waals surface area contributed by atoms with E-state index in [1.54, 1.807) is 12.1 Å². The number of nitrogens with one attached hydrogen (secondary N) is 2. The van der Waals surface area contributed by atoms with Gasteiger partial charge in [-0.2, -0.15) is 0 Å². The summed E-state index contributed by atoms with van der Waals surface area (Å²) in [7, 11) is 0. The van der Waals surface area contributed by atoms with Crippen LogP contribution in [-0.2, 0) is 9.59 Å². The minimum Gasteiger partial charge on any atom is -0.326 e. The number of hydrogen-bond donors (Lipinski definition) is 2. The molecule has 1 aromatic carbocycles. The highest BCUT2D eigenvalue weighted by atomic mass is 16.2. The highest BCUT2D eigenvalue weighted by Crippen LogP contribution is 2.65. The molecule has 0 heterocycles. The molecule has 0 radical (unpaired) electrons. The van der Waals surface area contributed by atoms with Gasteiger partial charge in [-0.25, -0.2) is 0 Å². The van der Waals surface area contributed by atoms with Crippen LogP contribution in [-0.4, -0.2) is 11.8 Å².